The Morgan fingerprint density at radius 1 is 1.69 bits per heavy atom. The summed E-state index contributed by atoms with van der Waals surface area (Å²) in [5.41, 5.74) is 0. The number of carbonyl (C=O) groups is 1. The van der Waals surface area contributed by atoms with E-state index in [0.29, 0.717) is 4.75 Å². The highest BCUT2D eigenvalue weighted by Gasteiger charge is 2.42. The van der Waals surface area contributed by atoms with E-state index in [2.05, 4.69) is 27.5 Å². The van der Waals surface area contributed by atoms with E-state index in [4.69, 9.17) is 0 Å². The van der Waals surface area contributed by atoms with E-state index in [9.17, 15) is 4.79 Å². The highest BCUT2D eigenvalue weighted by atomic mass is 79.9. The maximum absolute atomic E-state index is 11.4. The topological polar surface area (TPSA) is 29.1 Å². The number of carbonyl (C=O) groups excluding carboxylic acids is 1. The number of amides is 1. The summed E-state index contributed by atoms with van der Waals surface area (Å²) in [6, 6.07) is 0. The third-order valence-electron chi connectivity index (χ3n) is 2.47. The summed E-state index contributed by atoms with van der Waals surface area (Å²) in [4.78, 5) is 11.4. The summed E-state index contributed by atoms with van der Waals surface area (Å²) in [6.07, 6.45) is 5.45. The highest BCUT2D eigenvalue weighted by Crippen LogP contribution is 2.46. The Labute approximate surface area is 92.4 Å². The zero-order valence-electron chi connectivity index (χ0n) is 8.10. The average Bonchev–Trinajstić information content (AvgIpc) is 2.93. The second-order valence-electron chi connectivity index (χ2n) is 3.48. The van der Waals surface area contributed by atoms with Crippen LogP contribution in [0.4, 0.5) is 0 Å². The second-order valence-corrected chi connectivity index (χ2v) is 5.86. The van der Waals surface area contributed by atoms with Crippen molar-refractivity contribution in [3.8, 4) is 0 Å². The Morgan fingerprint density at radius 2 is 2.31 bits per heavy atom. The van der Waals surface area contributed by atoms with Crippen molar-refractivity contribution in [1.82, 2.24) is 5.32 Å². The Bertz CT molecular complexity index is 194. The molecule has 1 rings (SSSR count). The Hall–Kier alpha value is 0.300. The van der Waals surface area contributed by atoms with Gasteiger partial charge in [0.15, 0.2) is 0 Å². The molecule has 0 saturated heterocycles. The van der Waals surface area contributed by atoms with Crippen LogP contribution in [0.25, 0.3) is 0 Å². The van der Waals surface area contributed by atoms with Crippen molar-refractivity contribution in [1.29, 1.82) is 0 Å². The van der Waals surface area contributed by atoms with Crippen LogP contribution in [0, 0.1) is 0 Å². The summed E-state index contributed by atoms with van der Waals surface area (Å²) in [7, 11) is 0. The lowest BCUT2D eigenvalue weighted by atomic mass is 10.3. The largest absolute Gasteiger partial charge is 0.354 e. The van der Waals surface area contributed by atoms with Crippen LogP contribution in [0.1, 0.15) is 26.2 Å². The van der Waals surface area contributed by atoms with E-state index in [-0.39, 0.29) is 10.7 Å². The summed E-state index contributed by atoms with van der Waals surface area (Å²) in [5, 5.41) is 2.98. The molecule has 0 bridgehead atoms. The molecule has 1 unspecified atom stereocenters. The van der Waals surface area contributed by atoms with Crippen LogP contribution in [-0.2, 0) is 4.79 Å². The van der Waals surface area contributed by atoms with Crippen LogP contribution in [-0.4, -0.2) is 28.3 Å². The van der Waals surface area contributed by atoms with E-state index >= 15 is 0 Å². The smallest absolute Gasteiger partial charge is 0.233 e. The first kappa shape index (κ1) is 11.4. The number of halogens is 1. The van der Waals surface area contributed by atoms with Crippen molar-refractivity contribution in [3.63, 3.8) is 0 Å². The minimum absolute atomic E-state index is 0.0230. The lowest BCUT2D eigenvalue weighted by Gasteiger charge is -2.14. The first-order chi connectivity index (χ1) is 6.13. The molecule has 1 N–H and O–H groups in total. The molecule has 1 fully saturated rings. The van der Waals surface area contributed by atoms with E-state index in [1.807, 2.05) is 18.7 Å². The van der Waals surface area contributed by atoms with Crippen molar-refractivity contribution in [2.45, 2.75) is 35.8 Å². The second kappa shape index (κ2) is 4.69. The van der Waals surface area contributed by atoms with Crippen LogP contribution in [0.3, 0.4) is 0 Å². The van der Waals surface area contributed by atoms with Gasteiger partial charge in [0.1, 0.15) is 0 Å². The molecule has 0 aromatic carbocycles. The lowest BCUT2D eigenvalue weighted by molar-refractivity contribution is -0.120. The van der Waals surface area contributed by atoms with Crippen molar-refractivity contribution in [2.75, 3.05) is 12.8 Å². The number of hydrogen-bond acceptors (Lipinski definition) is 2. The monoisotopic (exact) mass is 265 g/mol. The Kier molecular flexibility index (Phi) is 4.10. The standard InChI is InChI=1S/C9H16BrNOS/c1-3-7(10)8(12)11-6-9(13-2)4-5-9/h7H,3-6H2,1-2H3,(H,11,12). The number of rotatable bonds is 5. The molecular formula is C9H16BrNOS. The predicted molar refractivity (Wildman–Crippen MR) is 61.5 cm³/mol. The summed E-state index contributed by atoms with van der Waals surface area (Å²) in [5.74, 6) is 0.128. The van der Waals surface area contributed by atoms with Gasteiger partial charge in [-0.15, -0.1) is 0 Å². The van der Waals surface area contributed by atoms with Gasteiger partial charge in [0.2, 0.25) is 5.91 Å². The van der Waals surface area contributed by atoms with Crippen molar-refractivity contribution in [3.05, 3.63) is 0 Å². The fraction of sp³-hybridized carbons (Fsp3) is 0.889. The van der Waals surface area contributed by atoms with Gasteiger partial charge in [0.05, 0.1) is 4.83 Å². The molecule has 1 amide bonds. The van der Waals surface area contributed by atoms with Gasteiger partial charge in [-0.1, -0.05) is 22.9 Å². The van der Waals surface area contributed by atoms with Gasteiger partial charge >= 0.3 is 0 Å². The summed E-state index contributed by atoms with van der Waals surface area (Å²) in [6.45, 7) is 2.83. The molecule has 0 spiro atoms. The first-order valence-electron chi connectivity index (χ1n) is 4.60. The minimum Gasteiger partial charge on any atom is -0.354 e. The van der Waals surface area contributed by atoms with Gasteiger partial charge in [-0.3, -0.25) is 4.79 Å². The van der Waals surface area contributed by atoms with E-state index < -0.39 is 0 Å². The third kappa shape index (κ3) is 3.17. The molecule has 13 heavy (non-hydrogen) atoms. The molecule has 1 atom stereocenters. The van der Waals surface area contributed by atoms with Gasteiger partial charge in [-0.25, -0.2) is 0 Å². The molecule has 0 heterocycles. The normalized spacial score (nSPS) is 20.8. The fourth-order valence-corrected chi connectivity index (χ4v) is 2.03. The molecule has 0 aliphatic heterocycles. The van der Waals surface area contributed by atoms with Crippen LogP contribution >= 0.6 is 27.7 Å². The minimum atomic E-state index is -0.0230. The quantitative estimate of drug-likeness (QED) is 0.773. The number of alkyl halides is 1. The molecule has 1 saturated carbocycles. The summed E-state index contributed by atoms with van der Waals surface area (Å²) < 4.78 is 0.371. The van der Waals surface area contributed by atoms with E-state index in [0.717, 1.165) is 13.0 Å². The number of thioether (sulfide) groups is 1. The zero-order chi connectivity index (χ0) is 9.90. The molecule has 0 aromatic rings. The molecule has 76 valence electrons. The van der Waals surface area contributed by atoms with Gasteiger partial charge in [0.25, 0.3) is 0 Å². The van der Waals surface area contributed by atoms with Crippen molar-refractivity contribution >= 4 is 33.6 Å². The fourth-order valence-electron chi connectivity index (χ4n) is 1.14. The Balaban J connectivity index is 2.22. The van der Waals surface area contributed by atoms with Crippen molar-refractivity contribution < 1.29 is 4.79 Å². The van der Waals surface area contributed by atoms with Crippen molar-refractivity contribution in [2.24, 2.45) is 0 Å². The van der Waals surface area contributed by atoms with Crippen LogP contribution in [0.5, 0.6) is 0 Å². The number of hydrogen-bond donors (Lipinski definition) is 1. The maximum atomic E-state index is 11.4. The van der Waals surface area contributed by atoms with Crippen LogP contribution in [0.15, 0.2) is 0 Å². The van der Waals surface area contributed by atoms with Gasteiger partial charge < -0.3 is 5.32 Å². The first-order valence-corrected chi connectivity index (χ1v) is 6.74. The molecule has 1 aliphatic rings. The molecule has 0 aromatic heterocycles. The third-order valence-corrected chi connectivity index (χ3v) is 4.95. The Morgan fingerprint density at radius 3 is 2.69 bits per heavy atom. The lowest BCUT2D eigenvalue weighted by Crippen LogP contribution is -2.36. The summed E-state index contributed by atoms with van der Waals surface area (Å²) >= 11 is 5.20. The SMILES string of the molecule is CCC(Br)C(=O)NCC1(SC)CC1. The van der Waals surface area contributed by atoms with Crippen LogP contribution < -0.4 is 5.32 Å². The average molecular weight is 266 g/mol. The zero-order valence-corrected chi connectivity index (χ0v) is 10.5. The van der Waals surface area contributed by atoms with Gasteiger partial charge in [-0.2, -0.15) is 11.8 Å². The highest BCUT2D eigenvalue weighted by molar-refractivity contribution is 9.10. The maximum Gasteiger partial charge on any atom is 0.233 e. The van der Waals surface area contributed by atoms with E-state index in [1.54, 1.807) is 0 Å². The van der Waals surface area contributed by atoms with E-state index in [1.165, 1.54) is 12.8 Å². The molecular weight excluding hydrogens is 250 g/mol. The molecule has 1 aliphatic carbocycles. The van der Waals surface area contributed by atoms with Crippen LogP contribution in [0.2, 0.25) is 0 Å². The number of nitrogens with one attached hydrogen (secondary N) is 1. The van der Waals surface area contributed by atoms with Gasteiger partial charge in [0, 0.05) is 11.3 Å². The predicted octanol–water partition coefficient (Wildman–Crippen LogP) is 2.17. The molecule has 4 heteroatoms. The molecule has 0 radical (unpaired) electrons. The molecule has 2 nitrogen and oxygen atoms in total. The van der Waals surface area contributed by atoms with Gasteiger partial charge in [-0.05, 0) is 25.5 Å².